The van der Waals surface area contributed by atoms with Crippen LogP contribution in [-0.4, -0.2) is 28.0 Å². The van der Waals surface area contributed by atoms with Gasteiger partial charge in [-0.05, 0) is 30.9 Å². The van der Waals surface area contributed by atoms with Crippen molar-refractivity contribution in [3.63, 3.8) is 0 Å². The van der Waals surface area contributed by atoms with E-state index in [2.05, 4.69) is 10.3 Å². The van der Waals surface area contributed by atoms with Gasteiger partial charge in [0.05, 0.1) is 5.56 Å². The van der Waals surface area contributed by atoms with Crippen molar-refractivity contribution in [1.82, 2.24) is 4.98 Å². The molecule has 4 N–H and O–H groups in total. The molecule has 1 aromatic rings. The van der Waals surface area contributed by atoms with Gasteiger partial charge in [0.2, 0.25) is 5.91 Å². The van der Waals surface area contributed by atoms with Crippen molar-refractivity contribution >= 4 is 17.7 Å². The van der Waals surface area contributed by atoms with Crippen LogP contribution in [0.3, 0.4) is 0 Å². The van der Waals surface area contributed by atoms with E-state index in [1.807, 2.05) is 0 Å². The number of nitrogens with two attached hydrogens (primary N) is 1. The summed E-state index contributed by atoms with van der Waals surface area (Å²) in [6.07, 6.45) is 6.51. The van der Waals surface area contributed by atoms with Gasteiger partial charge in [-0.25, -0.2) is 9.78 Å². The summed E-state index contributed by atoms with van der Waals surface area (Å²) in [5, 5.41) is 12.3. The zero-order chi connectivity index (χ0) is 14.5. The van der Waals surface area contributed by atoms with Gasteiger partial charge in [0, 0.05) is 6.20 Å². The molecular formula is C14H19N3O3. The van der Waals surface area contributed by atoms with Gasteiger partial charge in [-0.2, -0.15) is 0 Å². The highest BCUT2D eigenvalue weighted by Crippen LogP contribution is 2.28. The molecule has 1 aromatic heterocycles. The molecule has 1 fully saturated rings. The Hall–Kier alpha value is -2.11. The number of carbonyl (C=O) groups is 2. The molecule has 20 heavy (non-hydrogen) atoms. The minimum Gasteiger partial charge on any atom is -0.480 e. The van der Waals surface area contributed by atoms with E-state index < -0.39 is 17.9 Å². The number of primary amides is 1. The van der Waals surface area contributed by atoms with Crippen LogP contribution in [0.2, 0.25) is 0 Å². The number of carboxylic acids is 1. The van der Waals surface area contributed by atoms with Crippen LogP contribution < -0.4 is 11.1 Å². The van der Waals surface area contributed by atoms with E-state index in [0.717, 1.165) is 25.7 Å². The molecule has 0 aromatic carbocycles. The summed E-state index contributed by atoms with van der Waals surface area (Å²) in [4.78, 5) is 26.4. The summed E-state index contributed by atoms with van der Waals surface area (Å²) in [6, 6.07) is 2.48. The van der Waals surface area contributed by atoms with E-state index in [-0.39, 0.29) is 5.92 Å². The van der Waals surface area contributed by atoms with Crippen molar-refractivity contribution in [2.24, 2.45) is 11.7 Å². The predicted octanol–water partition coefficient (Wildman–Crippen LogP) is 1.63. The number of aromatic nitrogens is 1. The van der Waals surface area contributed by atoms with Gasteiger partial charge in [-0.1, -0.05) is 19.3 Å². The first-order chi connectivity index (χ1) is 9.58. The second kappa shape index (κ2) is 6.36. The lowest BCUT2D eigenvalue weighted by Crippen LogP contribution is -2.38. The van der Waals surface area contributed by atoms with E-state index in [1.165, 1.54) is 18.7 Å². The number of carboxylic acid groups (broad SMARTS) is 1. The highest BCUT2D eigenvalue weighted by molar-refractivity contribution is 5.92. The normalized spacial score (nSPS) is 17.4. The van der Waals surface area contributed by atoms with Crippen LogP contribution in [0.5, 0.6) is 0 Å². The van der Waals surface area contributed by atoms with Crippen molar-refractivity contribution < 1.29 is 14.7 Å². The van der Waals surface area contributed by atoms with Crippen molar-refractivity contribution in [3.8, 4) is 0 Å². The number of pyridine rings is 1. The molecule has 1 heterocycles. The maximum absolute atomic E-state index is 11.4. The van der Waals surface area contributed by atoms with Crippen molar-refractivity contribution in [3.05, 3.63) is 23.9 Å². The molecule has 0 aliphatic heterocycles. The Balaban J connectivity index is 2.07. The van der Waals surface area contributed by atoms with Crippen LogP contribution in [0.15, 0.2) is 18.3 Å². The van der Waals surface area contributed by atoms with E-state index in [0.29, 0.717) is 11.4 Å². The lowest BCUT2D eigenvalue weighted by molar-refractivity contribution is -0.139. The summed E-state index contributed by atoms with van der Waals surface area (Å²) in [7, 11) is 0. The van der Waals surface area contributed by atoms with Crippen LogP contribution in [0.4, 0.5) is 5.82 Å². The Kier molecular flexibility index (Phi) is 4.55. The molecule has 1 saturated carbocycles. The summed E-state index contributed by atoms with van der Waals surface area (Å²) >= 11 is 0. The van der Waals surface area contributed by atoms with Crippen molar-refractivity contribution in [1.29, 1.82) is 0 Å². The van der Waals surface area contributed by atoms with Crippen LogP contribution in [0.25, 0.3) is 0 Å². The molecule has 6 nitrogen and oxygen atoms in total. The van der Waals surface area contributed by atoms with Gasteiger partial charge in [-0.15, -0.1) is 0 Å². The number of nitrogens with one attached hydrogen (secondary N) is 1. The SMILES string of the molecule is NC(=O)c1ccc(NC(C(=O)O)C2CCCCC2)nc1. The Morgan fingerprint density at radius 2 is 2.00 bits per heavy atom. The maximum atomic E-state index is 11.4. The number of anilines is 1. The third-order valence-electron chi connectivity index (χ3n) is 3.74. The molecule has 2 rings (SSSR count). The van der Waals surface area contributed by atoms with Crippen LogP contribution in [0, 0.1) is 5.92 Å². The van der Waals surface area contributed by atoms with Gasteiger partial charge in [0.1, 0.15) is 11.9 Å². The van der Waals surface area contributed by atoms with E-state index in [4.69, 9.17) is 5.73 Å². The van der Waals surface area contributed by atoms with Gasteiger partial charge in [0.25, 0.3) is 0 Å². The number of aliphatic carboxylic acids is 1. The fourth-order valence-electron chi connectivity index (χ4n) is 2.63. The fraction of sp³-hybridized carbons (Fsp3) is 0.500. The second-order valence-electron chi connectivity index (χ2n) is 5.15. The summed E-state index contributed by atoms with van der Waals surface area (Å²) in [5.74, 6) is -0.837. The molecule has 1 atom stereocenters. The van der Waals surface area contributed by atoms with E-state index in [9.17, 15) is 14.7 Å². The number of nitrogens with zero attached hydrogens (tertiary/aromatic N) is 1. The fourth-order valence-corrected chi connectivity index (χ4v) is 2.63. The molecular weight excluding hydrogens is 258 g/mol. The first kappa shape index (κ1) is 14.3. The minimum absolute atomic E-state index is 0.124. The standard InChI is InChI=1S/C14H19N3O3/c15-13(18)10-6-7-11(16-8-10)17-12(14(19)20)9-4-2-1-3-5-9/h6-9,12H,1-5H2,(H2,15,18)(H,16,17)(H,19,20). The average molecular weight is 277 g/mol. The lowest BCUT2D eigenvalue weighted by atomic mass is 9.84. The van der Waals surface area contributed by atoms with Gasteiger partial charge in [-0.3, -0.25) is 4.79 Å². The molecule has 1 unspecified atom stereocenters. The largest absolute Gasteiger partial charge is 0.480 e. The lowest BCUT2D eigenvalue weighted by Gasteiger charge is -2.28. The Morgan fingerprint density at radius 3 is 2.50 bits per heavy atom. The van der Waals surface area contributed by atoms with Gasteiger partial charge < -0.3 is 16.2 Å². The Morgan fingerprint density at radius 1 is 1.30 bits per heavy atom. The highest BCUT2D eigenvalue weighted by atomic mass is 16.4. The van der Waals surface area contributed by atoms with Gasteiger partial charge >= 0.3 is 5.97 Å². The summed E-state index contributed by atoms with van der Waals surface area (Å²) < 4.78 is 0. The third kappa shape index (κ3) is 3.46. The number of hydrogen-bond donors (Lipinski definition) is 3. The van der Waals surface area contributed by atoms with Gasteiger partial charge in [0.15, 0.2) is 0 Å². The molecule has 0 spiro atoms. The number of carbonyl (C=O) groups excluding carboxylic acids is 1. The molecule has 0 radical (unpaired) electrons. The first-order valence-corrected chi connectivity index (χ1v) is 6.83. The molecule has 1 aliphatic rings. The van der Waals surface area contributed by atoms with Crippen molar-refractivity contribution in [2.45, 2.75) is 38.1 Å². The van der Waals surface area contributed by atoms with Crippen molar-refractivity contribution in [2.75, 3.05) is 5.32 Å². The summed E-state index contributed by atoms with van der Waals surface area (Å²) in [6.45, 7) is 0. The molecule has 108 valence electrons. The topological polar surface area (TPSA) is 105 Å². The van der Waals surface area contributed by atoms with Crippen LogP contribution >= 0.6 is 0 Å². The predicted molar refractivity (Wildman–Crippen MR) is 74.4 cm³/mol. The minimum atomic E-state index is -0.863. The monoisotopic (exact) mass is 277 g/mol. The third-order valence-corrected chi connectivity index (χ3v) is 3.74. The van der Waals surface area contributed by atoms with E-state index >= 15 is 0 Å². The smallest absolute Gasteiger partial charge is 0.326 e. The number of hydrogen-bond acceptors (Lipinski definition) is 4. The molecule has 0 saturated heterocycles. The Bertz CT molecular complexity index is 481. The molecule has 0 bridgehead atoms. The van der Waals surface area contributed by atoms with Crippen LogP contribution in [0.1, 0.15) is 42.5 Å². The Labute approximate surface area is 117 Å². The maximum Gasteiger partial charge on any atom is 0.326 e. The zero-order valence-corrected chi connectivity index (χ0v) is 11.2. The highest BCUT2D eigenvalue weighted by Gasteiger charge is 2.29. The van der Waals surface area contributed by atoms with Crippen LogP contribution in [-0.2, 0) is 4.79 Å². The summed E-state index contributed by atoms with van der Waals surface area (Å²) in [5.41, 5.74) is 5.44. The average Bonchev–Trinajstić information content (AvgIpc) is 2.46. The zero-order valence-electron chi connectivity index (χ0n) is 11.2. The number of rotatable bonds is 5. The second-order valence-corrected chi connectivity index (χ2v) is 5.15. The molecule has 1 aliphatic carbocycles. The number of amides is 1. The van der Waals surface area contributed by atoms with E-state index in [1.54, 1.807) is 6.07 Å². The first-order valence-electron chi connectivity index (χ1n) is 6.83. The molecule has 6 heteroatoms. The molecule has 1 amide bonds. The quantitative estimate of drug-likeness (QED) is 0.758.